The van der Waals surface area contributed by atoms with Gasteiger partial charge in [0.2, 0.25) is 0 Å². The van der Waals surface area contributed by atoms with Gasteiger partial charge in [-0.25, -0.2) is 0 Å². The number of fused-ring (bicyclic) bond motifs is 3. The van der Waals surface area contributed by atoms with Crippen molar-refractivity contribution in [2.24, 2.45) is 0 Å². The van der Waals surface area contributed by atoms with E-state index in [1.807, 2.05) is 19.1 Å². The van der Waals surface area contributed by atoms with Crippen molar-refractivity contribution in [1.29, 1.82) is 0 Å². The van der Waals surface area contributed by atoms with Crippen molar-refractivity contribution >= 4 is 38.2 Å². The predicted molar refractivity (Wildman–Crippen MR) is 121 cm³/mol. The summed E-state index contributed by atoms with van der Waals surface area (Å²) in [5.41, 5.74) is 1.80. The van der Waals surface area contributed by atoms with E-state index < -0.39 is 0 Å². The van der Waals surface area contributed by atoms with E-state index in [1.165, 1.54) is 30.6 Å². The lowest BCUT2D eigenvalue weighted by Gasteiger charge is -2.39. The van der Waals surface area contributed by atoms with Crippen LogP contribution >= 0.6 is 11.3 Å². The summed E-state index contributed by atoms with van der Waals surface area (Å²) in [5, 5.41) is 4.63. The maximum absolute atomic E-state index is 12.7. The normalized spacial score (nSPS) is 20.4. The number of aromatic nitrogens is 1. The smallest absolute Gasteiger partial charge is 0.261 e. The predicted octanol–water partition coefficient (Wildman–Crippen LogP) is 4.43. The molecule has 1 fully saturated rings. The lowest BCUT2D eigenvalue weighted by atomic mass is 9.97. The second-order valence-electron chi connectivity index (χ2n) is 8.33. The molecule has 3 heterocycles. The highest BCUT2D eigenvalue weighted by Crippen LogP contribution is 2.30. The number of carbonyl (C=O) groups is 1. The third kappa shape index (κ3) is 4.09. The third-order valence-corrected chi connectivity index (χ3v) is 7.29. The summed E-state index contributed by atoms with van der Waals surface area (Å²) in [6.45, 7) is 8.30. The molecule has 3 aromatic rings. The van der Waals surface area contributed by atoms with Crippen LogP contribution in [0.4, 0.5) is 0 Å². The van der Waals surface area contributed by atoms with Crippen LogP contribution in [0.2, 0.25) is 0 Å². The standard InChI is InChI=1S/C23H29N3O2S/c1-14-8-9-19-17(12-14)21-18(22(27)25-19)13-20(29-21)23(28)24-10-5-11-26-15(2)6-4-7-16(26)3/h8-9,12-13,15-16H,4-7,10-11H2,1-3H3,(H,24,28)(H,25,27)/t15-,16+. The molecule has 1 saturated heterocycles. The van der Waals surface area contributed by atoms with Gasteiger partial charge in [-0.05, 0) is 58.2 Å². The molecule has 4 rings (SSSR count). The largest absolute Gasteiger partial charge is 0.351 e. The molecule has 2 aromatic heterocycles. The summed E-state index contributed by atoms with van der Waals surface area (Å²) >= 11 is 1.40. The topological polar surface area (TPSA) is 65.2 Å². The minimum atomic E-state index is -0.139. The highest BCUT2D eigenvalue weighted by Gasteiger charge is 2.23. The zero-order chi connectivity index (χ0) is 20.5. The van der Waals surface area contributed by atoms with Gasteiger partial charge in [0.1, 0.15) is 0 Å². The van der Waals surface area contributed by atoms with Gasteiger partial charge in [-0.2, -0.15) is 0 Å². The van der Waals surface area contributed by atoms with Crippen molar-refractivity contribution in [2.75, 3.05) is 13.1 Å². The Bertz CT molecular complexity index is 1090. The maximum Gasteiger partial charge on any atom is 0.261 e. The summed E-state index contributed by atoms with van der Waals surface area (Å²) in [4.78, 5) is 31.2. The van der Waals surface area contributed by atoms with E-state index >= 15 is 0 Å². The average Bonchev–Trinajstić information content (AvgIpc) is 3.14. The first kappa shape index (κ1) is 20.1. The van der Waals surface area contributed by atoms with Crippen molar-refractivity contribution in [3.8, 4) is 0 Å². The zero-order valence-corrected chi connectivity index (χ0v) is 18.2. The number of pyridine rings is 1. The van der Waals surface area contributed by atoms with E-state index in [2.05, 4.69) is 35.1 Å². The number of benzene rings is 1. The minimum Gasteiger partial charge on any atom is -0.351 e. The van der Waals surface area contributed by atoms with E-state index in [0.717, 1.165) is 34.1 Å². The number of aryl methyl sites for hydroxylation is 1. The Balaban J connectivity index is 1.45. The molecule has 154 valence electrons. The molecule has 0 aliphatic carbocycles. The van der Waals surface area contributed by atoms with E-state index in [4.69, 9.17) is 0 Å². The highest BCUT2D eigenvalue weighted by atomic mass is 32.1. The molecule has 0 spiro atoms. The summed E-state index contributed by atoms with van der Waals surface area (Å²) < 4.78 is 0.883. The van der Waals surface area contributed by atoms with Crippen LogP contribution in [0.15, 0.2) is 29.1 Å². The fourth-order valence-electron chi connectivity index (χ4n) is 4.48. The van der Waals surface area contributed by atoms with Crippen LogP contribution in [-0.2, 0) is 0 Å². The summed E-state index contributed by atoms with van der Waals surface area (Å²) in [6.07, 6.45) is 4.78. The van der Waals surface area contributed by atoms with Crippen LogP contribution in [0.1, 0.15) is 54.8 Å². The van der Waals surface area contributed by atoms with Gasteiger partial charge in [-0.15, -0.1) is 11.3 Å². The van der Waals surface area contributed by atoms with Gasteiger partial charge in [-0.3, -0.25) is 14.5 Å². The molecule has 1 aromatic carbocycles. The Labute approximate surface area is 175 Å². The van der Waals surface area contributed by atoms with Gasteiger partial charge in [0, 0.05) is 40.8 Å². The third-order valence-electron chi connectivity index (χ3n) is 6.12. The first-order chi connectivity index (χ1) is 13.9. The second-order valence-corrected chi connectivity index (χ2v) is 9.39. The van der Waals surface area contributed by atoms with E-state index in [1.54, 1.807) is 6.07 Å². The summed E-state index contributed by atoms with van der Waals surface area (Å²) in [5.74, 6) is -0.0915. The number of amides is 1. The van der Waals surface area contributed by atoms with E-state index in [9.17, 15) is 9.59 Å². The van der Waals surface area contributed by atoms with Crippen LogP contribution < -0.4 is 10.9 Å². The van der Waals surface area contributed by atoms with Crippen LogP contribution in [0.25, 0.3) is 21.0 Å². The summed E-state index contributed by atoms with van der Waals surface area (Å²) in [7, 11) is 0. The fraction of sp³-hybridized carbons (Fsp3) is 0.478. The molecule has 1 amide bonds. The molecule has 0 bridgehead atoms. The second kappa shape index (κ2) is 8.28. The lowest BCUT2D eigenvalue weighted by Crippen LogP contribution is -2.44. The Kier molecular flexibility index (Phi) is 5.74. The number of piperidine rings is 1. The highest BCUT2D eigenvalue weighted by molar-refractivity contribution is 7.21. The molecule has 0 radical (unpaired) electrons. The number of nitrogens with one attached hydrogen (secondary N) is 2. The van der Waals surface area contributed by atoms with Crippen molar-refractivity contribution in [1.82, 2.24) is 15.2 Å². The van der Waals surface area contributed by atoms with Gasteiger partial charge < -0.3 is 10.3 Å². The number of nitrogens with zero attached hydrogens (tertiary/aromatic N) is 1. The Morgan fingerprint density at radius 3 is 2.72 bits per heavy atom. The van der Waals surface area contributed by atoms with Crippen molar-refractivity contribution in [2.45, 2.75) is 58.5 Å². The van der Waals surface area contributed by atoms with E-state index in [0.29, 0.717) is 28.9 Å². The van der Waals surface area contributed by atoms with Gasteiger partial charge in [-0.1, -0.05) is 18.1 Å². The molecule has 6 heteroatoms. The summed E-state index contributed by atoms with van der Waals surface area (Å²) in [6, 6.07) is 8.95. The Hall–Kier alpha value is -2.18. The number of aromatic amines is 1. The maximum atomic E-state index is 12.7. The van der Waals surface area contributed by atoms with Gasteiger partial charge in [0.05, 0.1) is 10.3 Å². The molecule has 1 aliphatic heterocycles. The van der Waals surface area contributed by atoms with Gasteiger partial charge in [0.25, 0.3) is 11.5 Å². The molecule has 0 unspecified atom stereocenters. The van der Waals surface area contributed by atoms with Crippen LogP contribution in [0, 0.1) is 6.92 Å². The first-order valence-corrected chi connectivity index (χ1v) is 11.4. The van der Waals surface area contributed by atoms with Crippen LogP contribution in [0.3, 0.4) is 0 Å². The number of hydrogen-bond acceptors (Lipinski definition) is 4. The Morgan fingerprint density at radius 1 is 1.21 bits per heavy atom. The minimum absolute atomic E-state index is 0.0915. The first-order valence-electron chi connectivity index (χ1n) is 10.5. The van der Waals surface area contributed by atoms with Crippen LogP contribution in [0.5, 0.6) is 0 Å². The monoisotopic (exact) mass is 411 g/mol. The lowest BCUT2D eigenvalue weighted by molar-refractivity contribution is 0.0929. The quantitative estimate of drug-likeness (QED) is 0.610. The number of H-pyrrole nitrogens is 1. The fourth-order valence-corrected chi connectivity index (χ4v) is 5.58. The number of thiophene rings is 1. The molecule has 1 aliphatic rings. The molecule has 2 N–H and O–H groups in total. The number of carbonyl (C=O) groups excluding carboxylic acids is 1. The van der Waals surface area contributed by atoms with Gasteiger partial charge >= 0.3 is 0 Å². The number of rotatable bonds is 5. The van der Waals surface area contributed by atoms with Crippen molar-refractivity contribution < 1.29 is 4.79 Å². The molecule has 5 nitrogen and oxygen atoms in total. The van der Waals surface area contributed by atoms with Crippen molar-refractivity contribution in [3.05, 3.63) is 45.1 Å². The Morgan fingerprint density at radius 2 is 1.97 bits per heavy atom. The van der Waals surface area contributed by atoms with Gasteiger partial charge in [0.15, 0.2) is 0 Å². The molecule has 0 saturated carbocycles. The zero-order valence-electron chi connectivity index (χ0n) is 17.4. The average molecular weight is 412 g/mol. The number of hydrogen-bond donors (Lipinski definition) is 2. The van der Waals surface area contributed by atoms with E-state index in [-0.39, 0.29) is 11.5 Å². The van der Waals surface area contributed by atoms with Crippen molar-refractivity contribution in [3.63, 3.8) is 0 Å². The molecule has 29 heavy (non-hydrogen) atoms. The SMILES string of the molecule is Cc1ccc2[nH]c(=O)c3cc(C(=O)NCCCN4[C@H](C)CCC[C@@H]4C)sc3c2c1. The molecule has 2 atom stereocenters. The number of likely N-dealkylation sites (tertiary alicyclic amines) is 1. The molecular formula is C23H29N3O2S. The molecular weight excluding hydrogens is 382 g/mol. The van der Waals surface area contributed by atoms with Crippen LogP contribution in [-0.4, -0.2) is 41.0 Å².